The second-order valence-corrected chi connectivity index (χ2v) is 3.58. The van der Waals surface area contributed by atoms with E-state index in [-0.39, 0.29) is 16.6 Å². The molecule has 0 unspecified atom stereocenters. The molecule has 0 aliphatic rings. The average Bonchev–Trinajstić information content (AvgIpc) is 2.39. The number of pyridine rings is 1. The number of nitrogens with zero attached hydrogens (tertiary/aromatic N) is 2. The molecule has 3 aromatic rings. The van der Waals surface area contributed by atoms with Crippen LogP contribution in [-0.2, 0) is 0 Å². The molecule has 0 aliphatic heterocycles. The molecule has 17 heavy (non-hydrogen) atoms. The van der Waals surface area contributed by atoms with Gasteiger partial charge >= 0.3 is 0 Å². The summed E-state index contributed by atoms with van der Waals surface area (Å²) in [6.45, 7) is 0. The molecule has 2 aromatic heterocycles. The van der Waals surface area contributed by atoms with Gasteiger partial charge in [0.2, 0.25) is 5.43 Å². The van der Waals surface area contributed by atoms with E-state index in [2.05, 4.69) is 4.98 Å². The third-order valence-electron chi connectivity index (χ3n) is 2.54. The fourth-order valence-electron chi connectivity index (χ4n) is 1.74. The summed E-state index contributed by atoms with van der Waals surface area (Å²) in [5, 5.41) is 9.23. The van der Waals surface area contributed by atoms with Crippen LogP contribution in [0.1, 0.15) is 5.69 Å². The van der Waals surface area contributed by atoms with Crippen LogP contribution in [0.5, 0.6) is 0 Å². The lowest BCUT2D eigenvalue weighted by molar-refractivity contribution is 0.658. The van der Waals surface area contributed by atoms with E-state index >= 15 is 0 Å². The minimum Gasteiger partial charge on any atom is -0.454 e. The summed E-state index contributed by atoms with van der Waals surface area (Å²) in [5.74, 6) is 0. The second kappa shape index (κ2) is 3.42. The zero-order chi connectivity index (χ0) is 11.8. The Morgan fingerprint density at radius 2 is 1.94 bits per heavy atom. The lowest BCUT2D eigenvalue weighted by Crippen LogP contribution is -2.04. The van der Waals surface area contributed by atoms with Crippen molar-refractivity contribution >= 4 is 22.1 Å². The zero-order valence-electron chi connectivity index (χ0n) is 8.68. The molecule has 0 saturated carbocycles. The van der Waals surface area contributed by atoms with Gasteiger partial charge in [0.1, 0.15) is 17.3 Å². The Labute approximate surface area is 95.7 Å². The van der Waals surface area contributed by atoms with Crippen LogP contribution in [0.4, 0.5) is 0 Å². The summed E-state index contributed by atoms with van der Waals surface area (Å²) in [6, 6.07) is 12.0. The minimum atomic E-state index is -0.209. The average molecular weight is 222 g/mol. The normalized spacial score (nSPS) is 10.5. The maximum atomic E-state index is 12.1. The van der Waals surface area contributed by atoms with Crippen LogP contribution >= 0.6 is 0 Å². The Hall–Kier alpha value is -2.67. The van der Waals surface area contributed by atoms with Gasteiger partial charge in [-0.2, -0.15) is 5.26 Å². The molecule has 0 spiro atoms. The molecule has 0 atom stereocenters. The van der Waals surface area contributed by atoms with Gasteiger partial charge in [0, 0.05) is 0 Å². The number of hydrogen-bond donors (Lipinski definition) is 0. The van der Waals surface area contributed by atoms with Crippen molar-refractivity contribution < 1.29 is 4.42 Å². The first kappa shape index (κ1) is 9.55. The zero-order valence-corrected chi connectivity index (χ0v) is 8.68. The van der Waals surface area contributed by atoms with Crippen LogP contribution in [0, 0.1) is 11.3 Å². The van der Waals surface area contributed by atoms with Gasteiger partial charge in [-0.05, 0) is 24.3 Å². The number of aromatic nitrogens is 1. The van der Waals surface area contributed by atoms with Gasteiger partial charge < -0.3 is 4.42 Å². The van der Waals surface area contributed by atoms with E-state index in [4.69, 9.17) is 9.68 Å². The molecule has 0 bridgehead atoms. The molecule has 4 heteroatoms. The molecule has 0 N–H and O–H groups in total. The summed E-state index contributed by atoms with van der Waals surface area (Å²) in [4.78, 5) is 16.1. The highest BCUT2D eigenvalue weighted by atomic mass is 16.3. The molecule has 80 valence electrons. The van der Waals surface area contributed by atoms with Crippen molar-refractivity contribution in [3.63, 3.8) is 0 Å². The standard InChI is InChI=1S/C13H6N2O2/c14-7-8-5-6-11-12(15-8)13(16)9-3-1-2-4-10(9)17-11/h1-6H. The summed E-state index contributed by atoms with van der Waals surface area (Å²) >= 11 is 0. The maximum absolute atomic E-state index is 12.1. The number of hydrogen-bond acceptors (Lipinski definition) is 4. The first-order chi connectivity index (χ1) is 8.29. The smallest absolute Gasteiger partial charge is 0.218 e. The van der Waals surface area contributed by atoms with Crippen molar-refractivity contribution in [2.24, 2.45) is 0 Å². The SMILES string of the molecule is N#Cc1ccc2oc3ccccc3c(=O)c2n1. The number of rotatable bonds is 0. The second-order valence-electron chi connectivity index (χ2n) is 3.58. The molecule has 1 aromatic carbocycles. The molecule has 0 fully saturated rings. The lowest BCUT2D eigenvalue weighted by atomic mass is 10.2. The quantitative estimate of drug-likeness (QED) is 0.547. The Balaban J connectivity index is 2.57. The summed E-state index contributed by atoms with van der Waals surface area (Å²) < 4.78 is 5.55. The van der Waals surface area contributed by atoms with Crippen molar-refractivity contribution in [3.8, 4) is 6.07 Å². The number of fused-ring (bicyclic) bond motifs is 2. The van der Waals surface area contributed by atoms with Gasteiger partial charge in [-0.1, -0.05) is 12.1 Å². The first-order valence-corrected chi connectivity index (χ1v) is 5.02. The summed E-state index contributed by atoms with van der Waals surface area (Å²) in [7, 11) is 0. The molecule has 0 aliphatic carbocycles. The Bertz CT molecular complexity index is 828. The Morgan fingerprint density at radius 1 is 1.12 bits per heavy atom. The number of nitriles is 1. The number of para-hydroxylation sites is 1. The fourth-order valence-corrected chi connectivity index (χ4v) is 1.74. The van der Waals surface area contributed by atoms with Crippen LogP contribution in [0.3, 0.4) is 0 Å². The van der Waals surface area contributed by atoms with Crippen LogP contribution in [0.25, 0.3) is 22.1 Å². The fraction of sp³-hybridized carbons (Fsp3) is 0. The van der Waals surface area contributed by atoms with Gasteiger partial charge in [0.25, 0.3) is 0 Å². The molecular weight excluding hydrogens is 216 g/mol. The van der Waals surface area contributed by atoms with E-state index in [0.29, 0.717) is 16.6 Å². The highest BCUT2D eigenvalue weighted by Gasteiger charge is 2.08. The topological polar surface area (TPSA) is 66.9 Å². The minimum absolute atomic E-state index is 0.197. The highest BCUT2D eigenvalue weighted by Crippen LogP contribution is 2.16. The van der Waals surface area contributed by atoms with E-state index in [1.807, 2.05) is 6.07 Å². The molecule has 2 heterocycles. The van der Waals surface area contributed by atoms with Crippen LogP contribution in [0.2, 0.25) is 0 Å². The molecule has 0 radical (unpaired) electrons. The Kier molecular flexibility index (Phi) is 1.92. The van der Waals surface area contributed by atoms with Crippen molar-refractivity contribution in [3.05, 3.63) is 52.3 Å². The van der Waals surface area contributed by atoms with Gasteiger partial charge in [0.15, 0.2) is 11.1 Å². The largest absolute Gasteiger partial charge is 0.454 e. The molecule has 0 amide bonds. The molecule has 4 nitrogen and oxygen atoms in total. The molecule has 3 rings (SSSR count). The van der Waals surface area contributed by atoms with Gasteiger partial charge in [-0.3, -0.25) is 4.79 Å². The first-order valence-electron chi connectivity index (χ1n) is 5.02. The number of benzene rings is 1. The highest BCUT2D eigenvalue weighted by molar-refractivity contribution is 5.87. The van der Waals surface area contributed by atoms with Crippen LogP contribution in [-0.4, -0.2) is 4.98 Å². The van der Waals surface area contributed by atoms with Crippen LogP contribution < -0.4 is 5.43 Å². The maximum Gasteiger partial charge on any atom is 0.218 e. The van der Waals surface area contributed by atoms with Gasteiger partial charge in [0.05, 0.1) is 5.39 Å². The van der Waals surface area contributed by atoms with Crippen molar-refractivity contribution in [1.29, 1.82) is 5.26 Å². The van der Waals surface area contributed by atoms with Gasteiger partial charge in [-0.25, -0.2) is 4.98 Å². The Morgan fingerprint density at radius 3 is 2.76 bits per heavy atom. The van der Waals surface area contributed by atoms with Crippen LogP contribution in [0.15, 0.2) is 45.6 Å². The predicted molar refractivity (Wildman–Crippen MR) is 62.5 cm³/mol. The predicted octanol–water partition coefficient (Wildman–Crippen LogP) is 2.21. The monoisotopic (exact) mass is 222 g/mol. The molecule has 0 saturated heterocycles. The van der Waals surface area contributed by atoms with E-state index in [0.717, 1.165) is 0 Å². The van der Waals surface area contributed by atoms with E-state index in [1.54, 1.807) is 30.3 Å². The summed E-state index contributed by atoms with van der Waals surface area (Å²) in [5.41, 5.74) is 1.12. The van der Waals surface area contributed by atoms with E-state index in [1.165, 1.54) is 6.07 Å². The molecular formula is C13H6N2O2. The van der Waals surface area contributed by atoms with Gasteiger partial charge in [-0.15, -0.1) is 0 Å². The van der Waals surface area contributed by atoms with E-state index in [9.17, 15) is 4.79 Å². The lowest BCUT2D eigenvalue weighted by Gasteiger charge is -1.99. The third kappa shape index (κ3) is 1.37. The van der Waals surface area contributed by atoms with Crippen molar-refractivity contribution in [1.82, 2.24) is 4.98 Å². The van der Waals surface area contributed by atoms with Crippen molar-refractivity contribution in [2.75, 3.05) is 0 Å². The summed E-state index contributed by atoms with van der Waals surface area (Å²) in [6.07, 6.45) is 0. The third-order valence-corrected chi connectivity index (χ3v) is 2.54. The van der Waals surface area contributed by atoms with E-state index < -0.39 is 0 Å². The van der Waals surface area contributed by atoms with Crippen molar-refractivity contribution in [2.45, 2.75) is 0 Å².